The number of likely N-dealkylation sites (tertiary alicyclic amines) is 1. The number of imide groups is 1. The van der Waals surface area contributed by atoms with Crippen LogP contribution in [0.25, 0.3) is 16.3 Å². The molecule has 8 rings (SSSR count). The Kier molecular flexibility index (Phi) is 6.75. The molecule has 1 N–H and O–H groups in total. The summed E-state index contributed by atoms with van der Waals surface area (Å²) in [4.78, 5) is 60.0. The highest BCUT2D eigenvalue weighted by Gasteiger charge is 2.66. The van der Waals surface area contributed by atoms with Crippen molar-refractivity contribution in [1.82, 2.24) is 4.90 Å². The number of rotatable bonds is 3. The zero-order valence-electron chi connectivity index (χ0n) is 27.2. The van der Waals surface area contributed by atoms with Gasteiger partial charge in [0.25, 0.3) is 0 Å². The molecule has 0 bridgehead atoms. The quantitative estimate of drug-likeness (QED) is 0.190. The van der Waals surface area contributed by atoms with Crippen LogP contribution in [0.4, 0.5) is 0 Å². The SMILES string of the molecule is CC(C)(C)N1C(=O)C2CC=C3C(CC4C(=O)C(c5ccccc5)=CC(=O)C4(c4ccccc4)C3c3c(O)ccc4ccccc34)C2C1=O. The monoisotopic (exact) mass is 635 g/mol. The van der Waals surface area contributed by atoms with E-state index in [1.165, 1.54) is 11.0 Å². The molecule has 6 atom stereocenters. The van der Waals surface area contributed by atoms with Gasteiger partial charge in [-0.2, -0.15) is 0 Å². The summed E-state index contributed by atoms with van der Waals surface area (Å²) in [6.45, 7) is 5.60. The van der Waals surface area contributed by atoms with Crippen LogP contribution in [0, 0.1) is 23.7 Å². The lowest BCUT2D eigenvalue weighted by Crippen LogP contribution is -2.59. The van der Waals surface area contributed by atoms with Crippen molar-refractivity contribution < 1.29 is 24.3 Å². The zero-order chi connectivity index (χ0) is 33.5. The highest BCUT2D eigenvalue weighted by molar-refractivity contribution is 6.32. The van der Waals surface area contributed by atoms with Crippen LogP contribution in [0.2, 0.25) is 0 Å². The molecular weight excluding hydrogens is 598 g/mol. The molecule has 4 aromatic carbocycles. The number of hydrogen-bond acceptors (Lipinski definition) is 5. The second kappa shape index (κ2) is 10.7. The van der Waals surface area contributed by atoms with Crippen molar-refractivity contribution in [3.8, 4) is 5.75 Å². The molecule has 0 aromatic heterocycles. The summed E-state index contributed by atoms with van der Waals surface area (Å²) in [6.07, 6.45) is 4.13. The van der Waals surface area contributed by atoms with Crippen LogP contribution in [0.3, 0.4) is 0 Å². The summed E-state index contributed by atoms with van der Waals surface area (Å²) < 4.78 is 0. The molecule has 6 heteroatoms. The fourth-order valence-corrected chi connectivity index (χ4v) is 9.44. The molecule has 6 nitrogen and oxygen atoms in total. The number of carbonyl (C=O) groups is 4. The van der Waals surface area contributed by atoms with Gasteiger partial charge in [0.1, 0.15) is 5.75 Å². The summed E-state index contributed by atoms with van der Waals surface area (Å²) in [6, 6.07) is 30.0. The molecule has 2 fully saturated rings. The molecule has 0 spiro atoms. The minimum Gasteiger partial charge on any atom is -0.508 e. The summed E-state index contributed by atoms with van der Waals surface area (Å²) in [5.41, 5.74) is 1.01. The first-order chi connectivity index (χ1) is 23.0. The first-order valence-corrected chi connectivity index (χ1v) is 16.7. The molecule has 1 heterocycles. The highest BCUT2D eigenvalue weighted by atomic mass is 16.3. The number of nitrogens with zero attached hydrogens (tertiary/aromatic N) is 1. The van der Waals surface area contributed by atoms with Crippen LogP contribution in [0.15, 0.2) is 115 Å². The molecule has 0 radical (unpaired) electrons. The molecule has 4 aromatic rings. The predicted molar refractivity (Wildman–Crippen MR) is 184 cm³/mol. The molecule has 3 aliphatic carbocycles. The van der Waals surface area contributed by atoms with E-state index in [0.29, 0.717) is 28.7 Å². The lowest BCUT2D eigenvalue weighted by atomic mass is 9.44. The van der Waals surface area contributed by atoms with Crippen molar-refractivity contribution in [2.45, 2.75) is 50.5 Å². The lowest BCUT2D eigenvalue weighted by molar-refractivity contribution is -0.145. The van der Waals surface area contributed by atoms with Gasteiger partial charge in [-0.3, -0.25) is 24.1 Å². The maximum Gasteiger partial charge on any atom is 0.234 e. The second-order valence-corrected chi connectivity index (χ2v) is 14.7. The first-order valence-electron chi connectivity index (χ1n) is 16.7. The van der Waals surface area contributed by atoms with Crippen LogP contribution >= 0.6 is 0 Å². The maximum absolute atomic E-state index is 15.2. The van der Waals surface area contributed by atoms with E-state index in [9.17, 15) is 14.7 Å². The largest absolute Gasteiger partial charge is 0.508 e. The summed E-state index contributed by atoms with van der Waals surface area (Å²) in [7, 11) is 0. The molecule has 2 amide bonds. The highest BCUT2D eigenvalue weighted by Crippen LogP contribution is 2.65. The van der Waals surface area contributed by atoms with Gasteiger partial charge in [0, 0.05) is 28.5 Å². The predicted octanol–water partition coefficient (Wildman–Crippen LogP) is 7.17. The number of phenolic OH excluding ortho intramolecular Hbond substituents is 1. The van der Waals surface area contributed by atoms with E-state index in [0.717, 1.165) is 16.3 Å². The number of Topliss-reactive ketones (excluding diaryl/α,β-unsaturated/α-hetero) is 1. The zero-order valence-corrected chi connectivity index (χ0v) is 27.2. The van der Waals surface area contributed by atoms with Gasteiger partial charge in [0.05, 0.1) is 17.3 Å². The standard InChI is InChI=1S/C42H37NO5/c1-41(2,3)43-39(47)29-20-19-28-31(35(29)40(43)48)22-32-38(46)30(24-12-6-4-7-13-24)23-34(45)42(32,26-15-8-5-9-16-26)37(28)36-27-17-11-10-14-25(27)18-21-33(36)44/h4-19,21,23,29,31-32,35,37,44H,20,22H2,1-3H3. The fraction of sp³-hybridized carbons (Fsp3) is 0.286. The third kappa shape index (κ3) is 4.11. The number of amides is 2. The van der Waals surface area contributed by atoms with Crippen molar-refractivity contribution >= 4 is 39.7 Å². The topological polar surface area (TPSA) is 91.8 Å². The van der Waals surface area contributed by atoms with Crippen molar-refractivity contribution in [2.24, 2.45) is 23.7 Å². The Morgan fingerprint density at radius 2 is 1.44 bits per heavy atom. The first kappa shape index (κ1) is 30.2. The van der Waals surface area contributed by atoms with Crippen LogP contribution in [-0.2, 0) is 24.6 Å². The summed E-state index contributed by atoms with van der Waals surface area (Å²) in [5, 5.41) is 13.5. The van der Waals surface area contributed by atoms with Crippen LogP contribution < -0.4 is 0 Å². The number of aromatic hydroxyl groups is 1. The molecule has 1 saturated heterocycles. The molecule has 1 aliphatic heterocycles. The average Bonchev–Trinajstić information content (AvgIpc) is 3.36. The number of fused-ring (bicyclic) bond motifs is 5. The Hall–Kier alpha value is -5.10. The molecular formula is C42H37NO5. The number of carbonyl (C=O) groups excluding carboxylic acids is 4. The third-order valence-corrected chi connectivity index (χ3v) is 11.3. The number of benzene rings is 4. The molecule has 1 saturated carbocycles. The Morgan fingerprint density at radius 1 is 0.771 bits per heavy atom. The van der Waals surface area contributed by atoms with E-state index in [2.05, 4.69) is 0 Å². The van der Waals surface area contributed by atoms with Crippen molar-refractivity contribution in [1.29, 1.82) is 0 Å². The van der Waals surface area contributed by atoms with Crippen LogP contribution in [-0.4, -0.2) is 38.9 Å². The normalized spacial score (nSPS) is 28.5. The van der Waals surface area contributed by atoms with E-state index in [1.807, 2.05) is 118 Å². The van der Waals surface area contributed by atoms with Gasteiger partial charge in [-0.05, 0) is 73.6 Å². The van der Waals surface area contributed by atoms with E-state index >= 15 is 9.59 Å². The van der Waals surface area contributed by atoms with Gasteiger partial charge in [0.2, 0.25) is 11.8 Å². The summed E-state index contributed by atoms with van der Waals surface area (Å²) in [5.74, 6) is -4.09. The molecule has 6 unspecified atom stereocenters. The van der Waals surface area contributed by atoms with Gasteiger partial charge in [0.15, 0.2) is 11.6 Å². The Bertz CT molecular complexity index is 2090. The number of phenols is 1. The Morgan fingerprint density at radius 3 is 2.15 bits per heavy atom. The van der Waals surface area contributed by atoms with Crippen molar-refractivity contribution in [3.63, 3.8) is 0 Å². The van der Waals surface area contributed by atoms with E-state index in [1.54, 1.807) is 6.07 Å². The smallest absolute Gasteiger partial charge is 0.234 e. The van der Waals surface area contributed by atoms with Gasteiger partial charge in [-0.25, -0.2) is 0 Å². The number of ketones is 2. The van der Waals surface area contributed by atoms with Gasteiger partial charge >= 0.3 is 0 Å². The van der Waals surface area contributed by atoms with E-state index < -0.39 is 40.5 Å². The minimum atomic E-state index is -1.40. The summed E-state index contributed by atoms with van der Waals surface area (Å²) >= 11 is 0. The van der Waals surface area contributed by atoms with Gasteiger partial charge in [-0.1, -0.05) is 103 Å². The minimum absolute atomic E-state index is 0.0275. The number of allylic oxidation sites excluding steroid dienone is 4. The van der Waals surface area contributed by atoms with E-state index in [4.69, 9.17) is 0 Å². The van der Waals surface area contributed by atoms with Crippen molar-refractivity contribution in [2.75, 3.05) is 0 Å². The van der Waals surface area contributed by atoms with E-state index in [-0.39, 0.29) is 35.6 Å². The molecule has 240 valence electrons. The maximum atomic E-state index is 15.2. The van der Waals surface area contributed by atoms with Crippen LogP contribution in [0.5, 0.6) is 5.75 Å². The molecule has 48 heavy (non-hydrogen) atoms. The third-order valence-electron chi connectivity index (χ3n) is 11.3. The van der Waals surface area contributed by atoms with Gasteiger partial charge in [-0.15, -0.1) is 0 Å². The lowest BCUT2D eigenvalue weighted by Gasteiger charge is -2.55. The van der Waals surface area contributed by atoms with Gasteiger partial charge < -0.3 is 5.11 Å². The number of hydrogen-bond donors (Lipinski definition) is 1. The van der Waals surface area contributed by atoms with Crippen molar-refractivity contribution in [3.05, 3.63) is 131 Å². The Balaban J connectivity index is 1.45. The van der Waals surface area contributed by atoms with Crippen LogP contribution in [0.1, 0.15) is 56.2 Å². The molecule has 4 aliphatic rings. The average molecular weight is 636 g/mol. The second-order valence-electron chi connectivity index (χ2n) is 14.7. The fourth-order valence-electron chi connectivity index (χ4n) is 9.44. The Labute approximate surface area is 279 Å².